The second kappa shape index (κ2) is 5.80. The van der Waals surface area contributed by atoms with E-state index in [0.717, 1.165) is 10.3 Å². The molecule has 1 aromatic rings. The van der Waals surface area contributed by atoms with Gasteiger partial charge in [0.2, 0.25) is 5.91 Å². The number of carbonyl (C=O) groups is 1. The van der Waals surface area contributed by atoms with E-state index in [4.69, 9.17) is 0 Å². The number of rotatable bonds is 6. The molecule has 1 aromatic heterocycles. The van der Waals surface area contributed by atoms with E-state index in [2.05, 4.69) is 26.6 Å². The van der Waals surface area contributed by atoms with Gasteiger partial charge in [-0.1, -0.05) is 0 Å². The van der Waals surface area contributed by atoms with Crippen LogP contribution in [0.5, 0.6) is 0 Å². The molecular weight excluding hydrogens is 288 g/mol. The van der Waals surface area contributed by atoms with Crippen LogP contribution >= 0.6 is 27.3 Å². The van der Waals surface area contributed by atoms with Crippen LogP contribution in [0.2, 0.25) is 0 Å². The number of hydrogen-bond donors (Lipinski definition) is 2. The molecule has 0 unspecified atom stereocenters. The fourth-order valence-electron chi connectivity index (χ4n) is 1.40. The number of nitrogens with one attached hydrogen (secondary N) is 2. The summed E-state index contributed by atoms with van der Waals surface area (Å²) in [4.78, 5) is 12.6. The lowest BCUT2D eigenvalue weighted by atomic mass is 10.3. The largest absolute Gasteiger partial charge is 0.351 e. The van der Waals surface area contributed by atoms with Crippen LogP contribution in [0.3, 0.4) is 0 Å². The topological polar surface area (TPSA) is 41.1 Å². The van der Waals surface area contributed by atoms with Crippen LogP contribution in [0, 0.1) is 0 Å². The van der Waals surface area contributed by atoms with Gasteiger partial charge in [-0.2, -0.15) is 0 Å². The maximum Gasteiger partial charge on any atom is 0.221 e. The second-order valence-corrected chi connectivity index (χ2v) is 6.51. The molecule has 1 amide bonds. The van der Waals surface area contributed by atoms with Crippen molar-refractivity contribution in [3.8, 4) is 0 Å². The van der Waals surface area contributed by atoms with Crippen molar-refractivity contribution in [3.05, 3.63) is 20.8 Å². The van der Waals surface area contributed by atoms with Crippen LogP contribution in [0.4, 0.5) is 0 Å². The van der Waals surface area contributed by atoms with Crippen LogP contribution in [0.25, 0.3) is 0 Å². The first-order chi connectivity index (χ1) is 7.74. The Balaban J connectivity index is 1.59. The van der Waals surface area contributed by atoms with Gasteiger partial charge in [0.25, 0.3) is 0 Å². The van der Waals surface area contributed by atoms with E-state index < -0.39 is 0 Å². The molecule has 2 rings (SSSR count). The molecule has 0 radical (unpaired) electrons. The molecule has 0 atom stereocenters. The van der Waals surface area contributed by atoms with Crippen molar-refractivity contribution in [2.45, 2.75) is 31.8 Å². The molecule has 1 aliphatic carbocycles. The van der Waals surface area contributed by atoms with Crippen LogP contribution in [-0.2, 0) is 11.3 Å². The van der Waals surface area contributed by atoms with Gasteiger partial charge in [-0.3, -0.25) is 4.79 Å². The molecule has 16 heavy (non-hydrogen) atoms. The van der Waals surface area contributed by atoms with Gasteiger partial charge >= 0.3 is 0 Å². The molecule has 1 heterocycles. The van der Waals surface area contributed by atoms with Crippen molar-refractivity contribution in [2.24, 2.45) is 0 Å². The molecule has 0 aliphatic heterocycles. The highest BCUT2D eigenvalue weighted by Crippen LogP contribution is 2.21. The van der Waals surface area contributed by atoms with E-state index in [1.165, 1.54) is 17.7 Å². The summed E-state index contributed by atoms with van der Waals surface area (Å²) < 4.78 is 1.10. The SMILES string of the molecule is O=C(CCNC1CC1)NCc1ccc(Br)s1. The lowest BCUT2D eigenvalue weighted by Gasteiger charge is -2.04. The zero-order valence-electron chi connectivity index (χ0n) is 8.96. The lowest BCUT2D eigenvalue weighted by molar-refractivity contribution is -0.121. The van der Waals surface area contributed by atoms with E-state index in [1.807, 2.05) is 12.1 Å². The zero-order valence-corrected chi connectivity index (χ0v) is 11.4. The van der Waals surface area contributed by atoms with Crippen molar-refractivity contribution in [2.75, 3.05) is 6.54 Å². The third-order valence-corrected chi connectivity index (χ3v) is 4.07. The normalized spacial score (nSPS) is 15.1. The Hall–Kier alpha value is -0.390. The van der Waals surface area contributed by atoms with Gasteiger partial charge in [-0.05, 0) is 40.9 Å². The van der Waals surface area contributed by atoms with Crippen LogP contribution in [0.15, 0.2) is 15.9 Å². The summed E-state index contributed by atoms with van der Waals surface area (Å²) in [7, 11) is 0. The van der Waals surface area contributed by atoms with Crippen molar-refractivity contribution in [1.82, 2.24) is 10.6 Å². The monoisotopic (exact) mass is 302 g/mol. The molecular formula is C11H15BrN2OS. The van der Waals surface area contributed by atoms with Gasteiger partial charge < -0.3 is 10.6 Å². The van der Waals surface area contributed by atoms with Gasteiger partial charge in [0, 0.05) is 23.9 Å². The lowest BCUT2D eigenvalue weighted by Crippen LogP contribution is -2.27. The molecule has 0 spiro atoms. The van der Waals surface area contributed by atoms with Crippen molar-refractivity contribution in [3.63, 3.8) is 0 Å². The molecule has 88 valence electrons. The van der Waals surface area contributed by atoms with Crippen LogP contribution in [-0.4, -0.2) is 18.5 Å². The third kappa shape index (κ3) is 4.23. The Bertz CT molecular complexity index is 363. The first-order valence-electron chi connectivity index (χ1n) is 5.48. The van der Waals surface area contributed by atoms with Crippen LogP contribution in [0.1, 0.15) is 24.1 Å². The third-order valence-electron chi connectivity index (χ3n) is 2.45. The standard InChI is InChI=1S/C11H15BrN2OS/c12-10-4-3-9(16-10)7-14-11(15)5-6-13-8-1-2-8/h3-4,8,13H,1-2,5-7H2,(H,14,15). The van der Waals surface area contributed by atoms with Gasteiger partial charge in [-0.15, -0.1) is 11.3 Å². The van der Waals surface area contributed by atoms with Gasteiger partial charge in [0.05, 0.1) is 10.3 Å². The van der Waals surface area contributed by atoms with Gasteiger partial charge in [-0.25, -0.2) is 0 Å². The molecule has 5 heteroatoms. The Morgan fingerprint density at radius 3 is 2.94 bits per heavy atom. The summed E-state index contributed by atoms with van der Waals surface area (Å²) >= 11 is 5.05. The Labute approximate surface area is 108 Å². The summed E-state index contributed by atoms with van der Waals surface area (Å²) in [5.74, 6) is 0.123. The second-order valence-electron chi connectivity index (χ2n) is 3.96. The quantitative estimate of drug-likeness (QED) is 0.846. The minimum atomic E-state index is 0.123. The minimum absolute atomic E-state index is 0.123. The molecule has 0 bridgehead atoms. The highest BCUT2D eigenvalue weighted by atomic mass is 79.9. The number of carbonyl (C=O) groups excluding carboxylic acids is 1. The van der Waals surface area contributed by atoms with Crippen molar-refractivity contribution < 1.29 is 4.79 Å². The molecule has 1 saturated carbocycles. The minimum Gasteiger partial charge on any atom is -0.351 e. The number of hydrogen-bond acceptors (Lipinski definition) is 3. The van der Waals surface area contributed by atoms with E-state index in [-0.39, 0.29) is 5.91 Å². The number of thiophene rings is 1. The smallest absolute Gasteiger partial charge is 0.221 e. The average Bonchev–Trinajstić information content (AvgIpc) is 2.98. The first-order valence-corrected chi connectivity index (χ1v) is 7.09. The Morgan fingerprint density at radius 1 is 1.50 bits per heavy atom. The average molecular weight is 303 g/mol. The Morgan fingerprint density at radius 2 is 2.31 bits per heavy atom. The summed E-state index contributed by atoms with van der Waals surface area (Å²) in [6.07, 6.45) is 3.11. The highest BCUT2D eigenvalue weighted by Gasteiger charge is 2.19. The van der Waals surface area contributed by atoms with Crippen molar-refractivity contribution in [1.29, 1.82) is 0 Å². The number of amides is 1. The molecule has 3 nitrogen and oxygen atoms in total. The Kier molecular flexibility index (Phi) is 4.37. The summed E-state index contributed by atoms with van der Waals surface area (Å²) in [5, 5.41) is 6.24. The fourth-order valence-corrected chi connectivity index (χ4v) is 2.82. The molecule has 0 aromatic carbocycles. The summed E-state index contributed by atoms with van der Waals surface area (Å²) in [5.41, 5.74) is 0. The molecule has 1 fully saturated rings. The maximum atomic E-state index is 11.5. The molecule has 0 saturated heterocycles. The fraction of sp³-hybridized carbons (Fsp3) is 0.545. The summed E-state index contributed by atoms with van der Waals surface area (Å²) in [6.45, 7) is 1.43. The predicted octanol–water partition coefficient (Wildman–Crippen LogP) is 2.27. The van der Waals surface area contributed by atoms with E-state index in [0.29, 0.717) is 19.0 Å². The van der Waals surface area contributed by atoms with Gasteiger partial charge in [0.1, 0.15) is 0 Å². The zero-order chi connectivity index (χ0) is 11.4. The van der Waals surface area contributed by atoms with Crippen LogP contribution < -0.4 is 10.6 Å². The molecule has 1 aliphatic rings. The van der Waals surface area contributed by atoms with Crippen molar-refractivity contribution >= 4 is 33.2 Å². The predicted molar refractivity (Wildman–Crippen MR) is 69.5 cm³/mol. The summed E-state index contributed by atoms with van der Waals surface area (Å²) in [6, 6.07) is 4.71. The van der Waals surface area contributed by atoms with E-state index in [1.54, 1.807) is 11.3 Å². The van der Waals surface area contributed by atoms with E-state index in [9.17, 15) is 4.79 Å². The molecule has 2 N–H and O–H groups in total. The number of halogens is 1. The van der Waals surface area contributed by atoms with E-state index >= 15 is 0 Å². The van der Waals surface area contributed by atoms with Gasteiger partial charge in [0.15, 0.2) is 0 Å². The highest BCUT2D eigenvalue weighted by molar-refractivity contribution is 9.11. The first kappa shape index (κ1) is 12.1. The maximum absolute atomic E-state index is 11.5.